The van der Waals surface area contributed by atoms with Gasteiger partial charge in [0.05, 0.1) is 30.4 Å². The molecule has 0 saturated carbocycles. The highest BCUT2D eigenvalue weighted by Crippen LogP contribution is 2.20. The summed E-state index contributed by atoms with van der Waals surface area (Å²) in [5, 5.41) is 7.44. The van der Waals surface area contributed by atoms with Crippen molar-refractivity contribution in [2.24, 2.45) is 0 Å². The Morgan fingerprint density at radius 1 is 1.16 bits per heavy atom. The number of nitrogens with one attached hydrogen (secondary N) is 1. The monoisotopic (exact) mass is 336 g/mol. The second-order valence-corrected chi connectivity index (χ2v) is 5.90. The fourth-order valence-electron chi connectivity index (χ4n) is 2.38. The van der Waals surface area contributed by atoms with E-state index < -0.39 is 0 Å². The van der Waals surface area contributed by atoms with E-state index in [0.29, 0.717) is 17.3 Å². The zero-order valence-corrected chi connectivity index (χ0v) is 14.4. The summed E-state index contributed by atoms with van der Waals surface area (Å²) in [7, 11) is 1.55. The molecule has 0 bridgehead atoms. The van der Waals surface area contributed by atoms with Crippen molar-refractivity contribution in [3.63, 3.8) is 0 Å². The lowest BCUT2D eigenvalue weighted by Crippen LogP contribution is -2.17. The van der Waals surface area contributed by atoms with Crippen molar-refractivity contribution < 1.29 is 9.53 Å². The lowest BCUT2D eigenvalue weighted by atomic mass is 10.1. The van der Waals surface area contributed by atoms with E-state index in [1.165, 1.54) is 0 Å². The molecule has 0 saturated heterocycles. The maximum Gasteiger partial charge on any atom is 0.274 e. The van der Waals surface area contributed by atoms with Crippen molar-refractivity contribution in [2.45, 2.75) is 19.8 Å². The number of methoxy groups -OCH3 is 1. The Hall–Kier alpha value is -3.15. The van der Waals surface area contributed by atoms with Crippen molar-refractivity contribution in [2.75, 3.05) is 12.4 Å². The highest BCUT2D eigenvalue weighted by atomic mass is 16.5. The third kappa shape index (κ3) is 3.68. The molecule has 0 atom stereocenters. The highest BCUT2D eigenvalue weighted by molar-refractivity contribution is 6.03. The van der Waals surface area contributed by atoms with Gasteiger partial charge < -0.3 is 10.1 Å². The van der Waals surface area contributed by atoms with Gasteiger partial charge in [-0.25, -0.2) is 9.67 Å². The van der Waals surface area contributed by atoms with E-state index in [0.717, 1.165) is 11.4 Å². The summed E-state index contributed by atoms with van der Waals surface area (Å²) in [5.41, 5.74) is 2.78. The molecular formula is C19H20N4O2. The molecule has 0 unspecified atom stereocenters. The normalized spacial score (nSPS) is 10.7. The van der Waals surface area contributed by atoms with Gasteiger partial charge in [0.1, 0.15) is 5.69 Å². The minimum atomic E-state index is -0.241. The Kier molecular flexibility index (Phi) is 4.79. The van der Waals surface area contributed by atoms with Gasteiger partial charge in [0, 0.05) is 6.07 Å². The number of hydrogen-bond acceptors (Lipinski definition) is 4. The standard InChI is InChI=1S/C19H20N4O2/c1-13(2)16-11-17(23(22-16)15-7-5-4-6-8-15)19(24)21-14-9-10-18(25-3)20-12-14/h4-13H,1-3H3,(H,21,24). The van der Waals surface area contributed by atoms with Crippen LogP contribution >= 0.6 is 0 Å². The molecular weight excluding hydrogens is 316 g/mol. The highest BCUT2D eigenvalue weighted by Gasteiger charge is 2.18. The largest absolute Gasteiger partial charge is 0.481 e. The van der Waals surface area contributed by atoms with Crippen molar-refractivity contribution in [1.29, 1.82) is 0 Å². The van der Waals surface area contributed by atoms with E-state index in [1.54, 1.807) is 30.1 Å². The van der Waals surface area contributed by atoms with Crippen molar-refractivity contribution in [1.82, 2.24) is 14.8 Å². The smallest absolute Gasteiger partial charge is 0.274 e. The predicted octanol–water partition coefficient (Wildman–Crippen LogP) is 3.65. The SMILES string of the molecule is COc1ccc(NC(=O)c2cc(C(C)C)nn2-c2ccccc2)cn1. The number of carbonyl (C=O) groups excluding carboxylic acids is 1. The van der Waals surface area contributed by atoms with Gasteiger partial charge >= 0.3 is 0 Å². The van der Waals surface area contributed by atoms with E-state index in [4.69, 9.17) is 4.74 Å². The molecule has 1 aromatic carbocycles. The number of pyridine rings is 1. The second kappa shape index (κ2) is 7.17. The Balaban J connectivity index is 1.93. The zero-order valence-electron chi connectivity index (χ0n) is 14.4. The minimum Gasteiger partial charge on any atom is -0.481 e. The maximum atomic E-state index is 12.8. The molecule has 128 valence electrons. The van der Waals surface area contributed by atoms with Crippen LogP contribution in [0.5, 0.6) is 5.88 Å². The maximum absolute atomic E-state index is 12.8. The van der Waals surface area contributed by atoms with E-state index in [2.05, 4.69) is 15.4 Å². The molecule has 1 amide bonds. The summed E-state index contributed by atoms with van der Waals surface area (Å²) >= 11 is 0. The molecule has 25 heavy (non-hydrogen) atoms. The number of amides is 1. The van der Waals surface area contributed by atoms with Gasteiger partial charge in [0.15, 0.2) is 0 Å². The molecule has 0 aliphatic rings. The molecule has 0 aliphatic heterocycles. The number of rotatable bonds is 5. The number of anilines is 1. The van der Waals surface area contributed by atoms with Crippen LogP contribution in [0, 0.1) is 0 Å². The van der Waals surface area contributed by atoms with Gasteiger partial charge in [-0.2, -0.15) is 5.10 Å². The molecule has 6 nitrogen and oxygen atoms in total. The third-order valence-electron chi connectivity index (χ3n) is 3.76. The molecule has 1 N–H and O–H groups in total. The number of nitrogens with zero attached hydrogens (tertiary/aromatic N) is 3. The lowest BCUT2D eigenvalue weighted by molar-refractivity contribution is 0.101. The number of carbonyl (C=O) groups is 1. The third-order valence-corrected chi connectivity index (χ3v) is 3.76. The first-order chi connectivity index (χ1) is 12.1. The summed E-state index contributed by atoms with van der Waals surface area (Å²) in [4.78, 5) is 16.9. The fraction of sp³-hybridized carbons (Fsp3) is 0.211. The Morgan fingerprint density at radius 3 is 2.52 bits per heavy atom. The molecule has 0 spiro atoms. The quantitative estimate of drug-likeness (QED) is 0.772. The molecule has 0 radical (unpaired) electrons. The summed E-state index contributed by atoms with van der Waals surface area (Å²) < 4.78 is 6.70. The topological polar surface area (TPSA) is 69.0 Å². The van der Waals surface area contributed by atoms with Gasteiger partial charge in [-0.1, -0.05) is 32.0 Å². The first-order valence-corrected chi connectivity index (χ1v) is 8.05. The summed E-state index contributed by atoms with van der Waals surface area (Å²) in [5.74, 6) is 0.476. The summed E-state index contributed by atoms with van der Waals surface area (Å²) in [6, 6.07) is 14.9. The van der Waals surface area contributed by atoms with Gasteiger partial charge in [-0.3, -0.25) is 4.79 Å². The minimum absolute atomic E-state index is 0.221. The lowest BCUT2D eigenvalue weighted by Gasteiger charge is -2.08. The molecule has 3 rings (SSSR count). The van der Waals surface area contributed by atoms with Crippen LogP contribution in [0.15, 0.2) is 54.7 Å². The van der Waals surface area contributed by atoms with Crippen LogP contribution in [-0.2, 0) is 0 Å². The summed E-state index contributed by atoms with van der Waals surface area (Å²) in [6.45, 7) is 4.10. The van der Waals surface area contributed by atoms with E-state index in [1.807, 2.05) is 50.2 Å². The van der Waals surface area contributed by atoms with Crippen LogP contribution in [0.2, 0.25) is 0 Å². The van der Waals surface area contributed by atoms with Gasteiger partial charge in [0.25, 0.3) is 5.91 Å². The summed E-state index contributed by atoms with van der Waals surface area (Å²) in [6.07, 6.45) is 1.56. The fourth-order valence-corrected chi connectivity index (χ4v) is 2.38. The van der Waals surface area contributed by atoms with Gasteiger partial charge in [0.2, 0.25) is 5.88 Å². The number of aromatic nitrogens is 3. The Labute approximate surface area is 146 Å². The predicted molar refractivity (Wildman–Crippen MR) is 96.4 cm³/mol. The van der Waals surface area contributed by atoms with Crippen LogP contribution in [0.25, 0.3) is 5.69 Å². The van der Waals surface area contributed by atoms with E-state index in [9.17, 15) is 4.79 Å². The van der Waals surface area contributed by atoms with Gasteiger partial charge in [-0.05, 0) is 30.2 Å². The van der Waals surface area contributed by atoms with Crippen molar-refractivity contribution in [3.8, 4) is 11.6 Å². The molecule has 2 aromatic heterocycles. The van der Waals surface area contributed by atoms with E-state index in [-0.39, 0.29) is 11.8 Å². The molecule has 0 fully saturated rings. The molecule has 2 heterocycles. The van der Waals surface area contributed by atoms with E-state index >= 15 is 0 Å². The zero-order chi connectivity index (χ0) is 17.8. The average molecular weight is 336 g/mol. The molecule has 0 aliphatic carbocycles. The first kappa shape index (κ1) is 16.7. The molecule has 6 heteroatoms. The number of para-hydroxylation sites is 1. The average Bonchev–Trinajstić information content (AvgIpc) is 3.09. The Bertz CT molecular complexity index is 855. The Morgan fingerprint density at radius 2 is 1.92 bits per heavy atom. The van der Waals surface area contributed by atoms with Crippen LogP contribution in [0.1, 0.15) is 35.9 Å². The van der Waals surface area contributed by atoms with Crippen LogP contribution in [0.4, 0.5) is 5.69 Å². The second-order valence-electron chi connectivity index (χ2n) is 5.90. The number of hydrogen-bond donors (Lipinski definition) is 1. The number of ether oxygens (including phenoxy) is 1. The van der Waals surface area contributed by atoms with Crippen molar-refractivity contribution >= 4 is 11.6 Å². The van der Waals surface area contributed by atoms with Crippen molar-refractivity contribution in [3.05, 3.63) is 66.1 Å². The molecule has 3 aromatic rings. The first-order valence-electron chi connectivity index (χ1n) is 8.05. The van der Waals surface area contributed by atoms with Crippen LogP contribution < -0.4 is 10.1 Å². The number of benzene rings is 1. The van der Waals surface area contributed by atoms with Crippen LogP contribution in [0.3, 0.4) is 0 Å². The van der Waals surface area contributed by atoms with Gasteiger partial charge in [-0.15, -0.1) is 0 Å². The van der Waals surface area contributed by atoms with Crippen LogP contribution in [-0.4, -0.2) is 27.8 Å².